The standard InChI is InChI=1S/C14H15BrN2O/c1-9-4-3-7-17-12(9)13(15)16-14(17)10-5-2-6-11(18)8-10/h2,5-6,8-9,18H,3-4,7H2,1H3. The van der Waals surface area contributed by atoms with E-state index in [1.54, 1.807) is 12.1 Å². The minimum absolute atomic E-state index is 0.282. The molecule has 1 atom stereocenters. The van der Waals surface area contributed by atoms with Gasteiger partial charge in [0, 0.05) is 12.1 Å². The zero-order chi connectivity index (χ0) is 12.7. The van der Waals surface area contributed by atoms with Gasteiger partial charge in [-0.3, -0.25) is 0 Å². The molecule has 1 unspecified atom stereocenters. The first kappa shape index (κ1) is 11.8. The normalized spacial score (nSPS) is 18.7. The lowest BCUT2D eigenvalue weighted by Crippen LogP contribution is -2.14. The number of hydrogen-bond donors (Lipinski definition) is 1. The highest BCUT2D eigenvalue weighted by Gasteiger charge is 2.24. The number of halogens is 1. The SMILES string of the molecule is CC1CCCn2c(-c3cccc(O)c3)nc(Br)c21. The van der Waals surface area contributed by atoms with Gasteiger partial charge in [-0.05, 0) is 46.8 Å². The Morgan fingerprint density at radius 1 is 1.44 bits per heavy atom. The van der Waals surface area contributed by atoms with E-state index >= 15 is 0 Å². The van der Waals surface area contributed by atoms with Crippen LogP contribution in [-0.4, -0.2) is 14.7 Å². The molecule has 0 aliphatic carbocycles. The van der Waals surface area contributed by atoms with E-state index in [9.17, 15) is 5.11 Å². The first-order valence-electron chi connectivity index (χ1n) is 6.22. The van der Waals surface area contributed by atoms with E-state index in [0.29, 0.717) is 5.92 Å². The number of benzene rings is 1. The molecular weight excluding hydrogens is 292 g/mol. The van der Waals surface area contributed by atoms with E-state index in [1.165, 1.54) is 18.5 Å². The van der Waals surface area contributed by atoms with E-state index in [4.69, 9.17) is 0 Å². The van der Waals surface area contributed by atoms with Crippen LogP contribution in [0.4, 0.5) is 0 Å². The Kier molecular flexibility index (Phi) is 2.90. The summed E-state index contributed by atoms with van der Waals surface area (Å²) in [6, 6.07) is 7.29. The molecule has 2 heterocycles. The van der Waals surface area contributed by atoms with Gasteiger partial charge in [0.15, 0.2) is 0 Å². The molecule has 0 bridgehead atoms. The van der Waals surface area contributed by atoms with Crippen LogP contribution in [0.25, 0.3) is 11.4 Å². The molecule has 2 aromatic rings. The maximum Gasteiger partial charge on any atom is 0.141 e. The van der Waals surface area contributed by atoms with Crippen LogP contribution in [0.1, 0.15) is 31.4 Å². The van der Waals surface area contributed by atoms with Crippen molar-refractivity contribution in [2.45, 2.75) is 32.2 Å². The number of fused-ring (bicyclic) bond motifs is 1. The van der Waals surface area contributed by atoms with Crippen LogP contribution < -0.4 is 0 Å². The molecule has 0 amide bonds. The Labute approximate surface area is 115 Å². The van der Waals surface area contributed by atoms with E-state index in [2.05, 4.69) is 32.4 Å². The molecule has 3 rings (SSSR count). The third-order valence-corrected chi connectivity index (χ3v) is 4.14. The molecular formula is C14H15BrN2O. The van der Waals surface area contributed by atoms with Gasteiger partial charge in [0.05, 0.1) is 5.69 Å². The average molecular weight is 307 g/mol. The quantitative estimate of drug-likeness (QED) is 0.867. The number of aromatic hydroxyl groups is 1. The molecule has 1 aromatic heterocycles. The number of hydrogen-bond acceptors (Lipinski definition) is 2. The summed E-state index contributed by atoms with van der Waals surface area (Å²) in [6.07, 6.45) is 2.40. The van der Waals surface area contributed by atoms with Crippen molar-refractivity contribution in [2.24, 2.45) is 0 Å². The molecule has 1 aliphatic heterocycles. The van der Waals surface area contributed by atoms with Gasteiger partial charge in [0.25, 0.3) is 0 Å². The molecule has 94 valence electrons. The lowest BCUT2D eigenvalue weighted by Gasteiger charge is -2.22. The summed E-state index contributed by atoms with van der Waals surface area (Å²) in [5.41, 5.74) is 2.25. The van der Waals surface area contributed by atoms with Gasteiger partial charge in [0.2, 0.25) is 0 Å². The fourth-order valence-corrected chi connectivity index (χ4v) is 3.46. The molecule has 0 spiro atoms. The summed E-state index contributed by atoms with van der Waals surface area (Å²) in [7, 11) is 0. The highest BCUT2D eigenvalue weighted by Crippen LogP contribution is 2.36. The predicted molar refractivity (Wildman–Crippen MR) is 74.7 cm³/mol. The van der Waals surface area contributed by atoms with Gasteiger partial charge in [-0.2, -0.15) is 0 Å². The van der Waals surface area contributed by atoms with E-state index < -0.39 is 0 Å². The lowest BCUT2D eigenvalue weighted by molar-refractivity contribution is 0.473. The smallest absolute Gasteiger partial charge is 0.141 e. The van der Waals surface area contributed by atoms with Crippen molar-refractivity contribution in [3.63, 3.8) is 0 Å². The molecule has 0 fully saturated rings. The number of aromatic nitrogens is 2. The summed E-state index contributed by atoms with van der Waals surface area (Å²) in [4.78, 5) is 4.62. The monoisotopic (exact) mass is 306 g/mol. The second-order valence-electron chi connectivity index (χ2n) is 4.86. The van der Waals surface area contributed by atoms with E-state index in [0.717, 1.165) is 22.5 Å². The predicted octanol–water partition coefficient (Wildman–Crippen LogP) is 3.92. The van der Waals surface area contributed by atoms with Crippen molar-refractivity contribution in [3.8, 4) is 17.1 Å². The van der Waals surface area contributed by atoms with Crippen LogP contribution in [0.2, 0.25) is 0 Å². The highest BCUT2D eigenvalue weighted by molar-refractivity contribution is 9.10. The van der Waals surface area contributed by atoms with Crippen molar-refractivity contribution in [3.05, 3.63) is 34.6 Å². The van der Waals surface area contributed by atoms with Crippen molar-refractivity contribution in [2.75, 3.05) is 0 Å². The van der Waals surface area contributed by atoms with Crippen molar-refractivity contribution in [1.29, 1.82) is 0 Å². The molecule has 4 heteroatoms. The number of phenols is 1. The topological polar surface area (TPSA) is 38.0 Å². The first-order valence-corrected chi connectivity index (χ1v) is 7.01. The average Bonchev–Trinajstić information content (AvgIpc) is 2.68. The Balaban J connectivity index is 2.16. The number of phenolic OH excluding ortho intramolecular Hbond substituents is 1. The maximum absolute atomic E-state index is 9.59. The van der Waals surface area contributed by atoms with Crippen LogP contribution in [-0.2, 0) is 6.54 Å². The number of nitrogens with zero attached hydrogens (tertiary/aromatic N) is 2. The Morgan fingerprint density at radius 2 is 2.28 bits per heavy atom. The Morgan fingerprint density at radius 3 is 3.06 bits per heavy atom. The zero-order valence-corrected chi connectivity index (χ0v) is 11.8. The van der Waals surface area contributed by atoms with Gasteiger partial charge >= 0.3 is 0 Å². The summed E-state index contributed by atoms with van der Waals surface area (Å²) >= 11 is 3.56. The van der Waals surface area contributed by atoms with Crippen molar-refractivity contribution < 1.29 is 5.11 Å². The summed E-state index contributed by atoms with van der Waals surface area (Å²) in [5.74, 6) is 1.76. The molecule has 18 heavy (non-hydrogen) atoms. The third kappa shape index (κ3) is 1.85. The largest absolute Gasteiger partial charge is 0.508 e. The van der Waals surface area contributed by atoms with Gasteiger partial charge in [-0.25, -0.2) is 4.98 Å². The van der Waals surface area contributed by atoms with E-state index in [1.807, 2.05) is 12.1 Å². The van der Waals surface area contributed by atoms with Crippen LogP contribution in [0.3, 0.4) is 0 Å². The first-order chi connectivity index (χ1) is 8.66. The molecule has 1 aliphatic rings. The molecule has 1 N–H and O–H groups in total. The van der Waals surface area contributed by atoms with E-state index in [-0.39, 0.29) is 5.75 Å². The molecule has 0 radical (unpaired) electrons. The Hall–Kier alpha value is -1.29. The van der Waals surface area contributed by atoms with Crippen LogP contribution in [0.15, 0.2) is 28.9 Å². The second kappa shape index (κ2) is 4.43. The van der Waals surface area contributed by atoms with Crippen molar-refractivity contribution in [1.82, 2.24) is 9.55 Å². The van der Waals surface area contributed by atoms with Gasteiger partial charge in [0.1, 0.15) is 16.2 Å². The van der Waals surface area contributed by atoms with Crippen molar-refractivity contribution >= 4 is 15.9 Å². The minimum atomic E-state index is 0.282. The summed E-state index contributed by atoms with van der Waals surface area (Å²) in [6.45, 7) is 3.24. The number of imidazole rings is 1. The zero-order valence-electron chi connectivity index (χ0n) is 10.2. The fourth-order valence-electron chi connectivity index (χ4n) is 2.69. The highest BCUT2D eigenvalue weighted by atomic mass is 79.9. The van der Waals surface area contributed by atoms with Crippen LogP contribution in [0, 0.1) is 0 Å². The summed E-state index contributed by atoms with van der Waals surface area (Å²) < 4.78 is 3.21. The number of rotatable bonds is 1. The lowest BCUT2D eigenvalue weighted by atomic mass is 9.98. The summed E-state index contributed by atoms with van der Waals surface area (Å²) in [5, 5.41) is 9.59. The molecule has 1 aromatic carbocycles. The van der Waals surface area contributed by atoms with Gasteiger partial charge in [-0.15, -0.1) is 0 Å². The second-order valence-corrected chi connectivity index (χ2v) is 5.61. The fraction of sp³-hybridized carbons (Fsp3) is 0.357. The molecule has 3 nitrogen and oxygen atoms in total. The molecule has 0 saturated carbocycles. The Bertz CT molecular complexity index is 591. The van der Waals surface area contributed by atoms with Crippen LogP contribution in [0.5, 0.6) is 5.75 Å². The maximum atomic E-state index is 9.59. The van der Waals surface area contributed by atoms with Gasteiger partial charge < -0.3 is 9.67 Å². The minimum Gasteiger partial charge on any atom is -0.508 e. The van der Waals surface area contributed by atoms with Crippen LogP contribution >= 0.6 is 15.9 Å². The third-order valence-electron chi connectivity index (χ3n) is 3.55. The van der Waals surface area contributed by atoms with Gasteiger partial charge in [-0.1, -0.05) is 19.1 Å². The molecule has 0 saturated heterocycles.